The van der Waals surface area contributed by atoms with Crippen LogP contribution in [0.25, 0.3) is 11.0 Å². The van der Waals surface area contributed by atoms with Crippen LogP contribution < -0.4 is 10.2 Å². The van der Waals surface area contributed by atoms with Crippen LogP contribution in [-0.2, 0) is 0 Å². The maximum absolute atomic E-state index is 12.5. The van der Waals surface area contributed by atoms with Crippen molar-refractivity contribution in [1.82, 2.24) is 19.9 Å². The van der Waals surface area contributed by atoms with Gasteiger partial charge < -0.3 is 15.2 Å². The number of aromatic nitrogens is 4. The van der Waals surface area contributed by atoms with Gasteiger partial charge in [0.15, 0.2) is 0 Å². The number of carbonyl (C=O) groups excluding carboxylic acids is 1. The van der Waals surface area contributed by atoms with Crippen LogP contribution >= 0.6 is 0 Å². The van der Waals surface area contributed by atoms with Crippen molar-refractivity contribution in [2.45, 2.75) is 18.8 Å². The Bertz CT molecular complexity index is 1170. The minimum atomic E-state index is -0.129. The summed E-state index contributed by atoms with van der Waals surface area (Å²) in [6.07, 6.45) is 8.97. The third-order valence-corrected chi connectivity index (χ3v) is 5.61. The molecule has 0 aliphatic carbocycles. The lowest BCUT2D eigenvalue weighted by atomic mass is 9.90. The Balaban J connectivity index is 1.35. The maximum atomic E-state index is 12.5. The number of piperidine rings is 1. The van der Waals surface area contributed by atoms with Crippen molar-refractivity contribution in [1.29, 1.82) is 0 Å². The topological polar surface area (TPSA) is 86.8 Å². The van der Waals surface area contributed by atoms with E-state index in [0.717, 1.165) is 48.5 Å². The molecule has 0 saturated carbocycles. The summed E-state index contributed by atoms with van der Waals surface area (Å²) in [5.74, 6) is 1.23. The number of nitrogens with one attached hydrogen (secondary N) is 2. The summed E-state index contributed by atoms with van der Waals surface area (Å²) in [5, 5.41) is 4.05. The molecule has 1 saturated heterocycles. The first-order valence-corrected chi connectivity index (χ1v) is 10.1. The number of fused-ring (bicyclic) bond motifs is 1. The quantitative estimate of drug-likeness (QED) is 0.543. The summed E-state index contributed by atoms with van der Waals surface area (Å²) in [7, 11) is 0. The first-order chi connectivity index (χ1) is 14.8. The fourth-order valence-electron chi connectivity index (χ4n) is 4.13. The number of carbonyl (C=O) groups is 1. The van der Waals surface area contributed by atoms with E-state index in [-0.39, 0.29) is 5.91 Å². The minimum absolute atomic E-state index is 0.129. The molecule has 1 aliphatic heterocycles. The molecule has 5 rings (SSSR count). The van der Waals surface area contributed by atoms with Crippen molar-refractivity contribution < 1.29 is 4.79 Å². The van der Waals surface area contributed by atoms with Gasteiger partial charge in [-0.15, -0.1) is 0 Å². The van der Waals surface area contributed by atoms with Crippen molar-refractivity contribution in [3.63, 3.8) is 0 Å². The number of benzene rings is 1. The molecule has 1 amide bonds. The molecule has 1 fully saturated rings. The van der Waals surface area contributed by atoms with Gasteiger partial charge in [-0.25, -0.2) is 9.97 Å². The predicted molar refractivity (Wildman–Crippen MR) is 117 cm³/mol. The van der Waals surface area contributed by atoms with Crippen molar-refractivity contribution in [3.8, 4) is 0 Å². The summed E-state index contributed by atoms with van der Waals surface area (Å²) in [6, 6.07) is 13.6. The lowest BCUT2D eigenvalue weighted by Crippen LogP contribution is -2.35. The summed E-state index contributed by atoms with van der Waals surface area (Å²) in [6.45, 7) is 1.87. The lowest BCUT2D eigenvalue weighted by molar-refractivity contribution is 0.102. The number of nitrogens with zero attached hydrogens (tertiary/aromatic N) is 4. The van der Waals surface area contributed by atoms with E-state index >= 15 is 0 Å². The Morgan fingerprint density at radius 3 is 2.93 bits per heavy atom. The third-order valence-electron chi connectivity index (χ3n) is 5.61. The van der Waals surface area contributed by atoms with Crippen LogP contribution in [0.15, 0.2) is 67.4 Å². The second-order valence-corrected chi connectivity index (χ2v) is 7.54. The Kier molecular flexibility index (Phi) is 4.85. The summed E-state index contributed by atoms with van der Waals surface area (Å²) < 4.78 is 0. The van der Waals surface area contributed by atoms with Crippen LogP contribution in [0.1, 0.15) is 34.7 Å². The van der Waals surface area contributed by atoms with Crippen molar-refractivity contribution in [2.75, 3.05) is 23.3 Å². The van der Waals surface area contributed by atoms with E-state index < -0.39 is 0 Å². The molecule has 7 heteroatoms. The third kappa shape index (κ3) is 3.61. The Morgan fingerprint density at radius 2 is 2.03 bits per heavy atom. The molecular weight excluding hydrogens is 376 g/mol. The number of pyridine rings is 1. The number of rotatable bonds is 4. The van der Waals surface area contributed by atoms with Gasteiger partial charge >= 0.3 is 0 Å². The molecule has 150 valence electrons. The van der Waals surface area contributed by atoms with Crippen LogP contribution in [0.3, 0.4) is 0 Å². The summed E-state index contributed by atoms with van der Waals surface area (Å²) >= 11 is 0. The van der Waals surface area contributed by atoms with Gasteiger partial charge in [0.05, 0.1) is 5.39 Å². The Morgan fingerprint density at radius 1 is 1.13 bits per heavy atom. The Labute approximate surface area is 174 Å². The highest BCUT2D eigenvalue weighted by molar-refractivity contribution is 6.04. The second-order valence-electron chi connectivity index (χ2n) is 7.54. The molecule has 0 spiro atoms. The molecule has 1 aromatic carbocycles. The van der Waals surface area contributed by atoms with Crippen molar-refractivity contribution in [3.05, 3.63) is 78.5 Å². The van der Waals surface area contributed by atoms with Gasteiger partial charge in [-0.3, -0.25) is 9.78 Å². The zero-order valence-corrected chi connectivity index (χ0v) is 16.5. The number of anilines is 2. The first-order valence-electron chi connectivity index (χ1n) is 10.1. The van der Waals surface area contributed by atoms with Gasteiger partial charge in [0.2, 0.25) is 0 Å². The van der Waals surface area contributed by atoms with Gasteiger partial charge in [-0.05, 0) is 48.7 Å². The van der Waals surface area contributed by atoms with Crippen LogP contribution in [0, 0.1) is 0 Å². The van der Waals surface area contributed by atoms with Crippen LogP contribution in [0.4, 0.5) is 11.5 Å². The lowest BCUT2D eigenvalue weighted by Gasteiger charge is -2.34. The molecule has 1 atom stereocenters. The highest BCUT2D eigenvalue weighted by atomic mass is 16.1. The molecule has 4 aromatic rings. The molecule has 0 radical (unpaired) electrons. The normalized spacial score (nSPS) is 16.5. The highest BCUT2D eigenvalue weighted by Crippen LogP contribution is 2.32. The first kappa shape index (κ1) is 18.3. The predicted octanol–water partition coefficient (Wildman–Crippen LogP) is 3.99. The van der Waals surface area contributed by atoms with E-state index in [2.05, 4.69) is 42.3 Å². The van der Waals surface area contributed by atoms with Gasteiger partial charge in [0, 0.05) is 48.8 Å². The van der Waals surface area contributed by atoms with Gasteiger partial charge in [0.1, 0.15) is 17.8 Å². The van der Waals surface area contributed by atoms with Crippen LogP contribution in [0.5, 0.6) is 0 Å². The molecule has 1 aliphatic rings. The zero-order chi connectivity index (χ0) is 20.3. The van der Waals surface area contributed by atoms with Gasteiger partial charge in [0.25, 0.3) is 5.91 Å². The zero-order valence-electron chi connectivity index (χ0n) is 16.5. The van der Waals surface area contributed by atoms with Gasteiger partial charge in [-0.2, -0.15) is 0 Å². The Hall–Kier alpha value is -3.74. The van der Waals surface area contributed by atoms with Crippen LogP contribution in [-0.4, -0.2) is 38.9 Å². The maximum Gasteiger partial charge on any atom is 0.255 e. The number of hydrogen-bond acceptors (Lipinski definition) is 5. The molecule has 30 heavy (non-hydrogen) atoms. The molecule has 0 bridgehead atoms. The standard InChI is InChI=1S/C23H22N6O/c30-23(16-6-9-24-10-7-16)28-19-5-1-3-17(13-19)18-4-2-12-29(14-18)22-20-8-11-25-21(20)26-15-27-22/h1,3,5-11,13,15,18H,2,4,12,14H2,(H,28,30)(H,25,26,27)/t18-/m0/s1. The largest absolute Gasteiger partial charge is 0.355 e. The molecule has 3 aromatic heterocycles. The monoisotopic (exact) mass is 398 g/mol. The van der Waals surface area contributed by atoms with Crippen molar-refractivity contribution in [2.24, 2.45) is 0 Å². The average molecular weight is 398 g/mol. The number of H-pyrrole nitrogens is 1. The van der Waals surface area contributed by atoms with E-state index in [1.807, 2.05) is 24.4 Å². The number of aromatic amines is 1. The summed E-state index contributed by atoms with van der Waals surface area (Å²) in [5.41, 5.74) is 3.49. The molecule has 2 N–H and O–H groups in total. The van der Waals surface area contributed by atoms with E-state index in [4.69, 9.17) is 0 Å². The van der Waals surface area contributed by atoms with E-state index in [9.17, 15) is 4.79 Å². The van der Waals surface area contributed by atoms with Crippen LogP contribution in [0.2, 0.25) is 0 Å². The second kappa shape index (κ2) is 7.94. The smallest absolute Gasteiger partial charge is 0.255 e. The van der Waals surface area contributed by atoms with E-state index in [1.54, 1.807) is 30.9 Å². The number of amides is 1. The molecular formula is C23H22N6O. The van der Waals surface area contributed by atoms with E-state index in [0.29, 0.717) is 11.5 Å². The van der Waals surface area contributed by atoms with E-state index in [1.165, 1.54) is 5.56 Å². The van der Waals surface area contributed by atoms with Gasteiger partial charge in [-0.1, -0.05) is 12.1 Å². The fraction of sp³-hybridized carbons (Fsp3) is 0.217. The molecule has 7 nitrogen and oxygen atoms in total. The molecule has 0 unspecified atom stereocenters. The average Bonchev–Trinajstić information content (AvgIpc) is 3.29. The minimum Gasteiger partial charge on any atom is -0.355 e. The SMILES string of the molecule is O=C(Nc1cccc([C@H]2CCCN(c3ncnc4[nH]ccc34)C2)c1)c1ccncc1. The number of hydrogen-bond donors (Lipinski definition) is 2. The summed E-state index contributed by atoms with van der Waals surface area (Å²) in [4.78, 5) is 30.8. The molecule has 4 heterocycles. The highest BCUT2D eigenvalue weighted by Gasteiger charge is 2.24. The fourth-order valence-corrected chi connectivity index (χ4v) is 4.13. The van der Waals surface area contributed by atoms with Crippen molar-refractivity contribution >= 4 is 28.4 Å².